The van der Waals surface area contributed by atoms with E-state index < -0.39 is 12.0 Å². The maximum absolute atomic E-state index is 11.5. The first-order valence-electron chi connectivity index (χ1n) is 6.52. The molecule has 1 unspecified atom stereocenters. The number of hydrogen-bond acceptors (Lipinski definition) is 2. The molecule has 0 aliphatic carbocycles. The van der Waals surface area contributed by atoms with Crippen molar-refractivity contribution < 1.29 is 14.7 Å². The lowest BCUT2D eigenvalue weighted by Gasteiger charge is -2.16. The highest BCUT2D eigenvalue weighted by molar-refractivity contribution is 5.83. The van der Waals surface area contributed by atoms with E-state index in [4.69, 9.17) is 0 Å². The zero-order chi connectivity index (χ0) is 14.4. The second kappa shape index (κ2) is 6.92. The number of rotatable bonds is 6. The predicted octanol–water partition coefficient (Wildman–Crippen LogP) is 2.22. The third-order valence-electron chi connectivity index (χ3n) is 3.04. The van der Waals surface area contributed by atoms with Gasteiger partial charge in [-0.2, -0.15) is 0 Å². The van der Waals surface area contributed by atoms with Gasteiger partial charge in [0.05, 0.1) is 0 Å². The zero-order valence-corrected chi connectivity index (χ0v) is 11.7. The van der Waals surface area contributed by atoms with Crippen molar-refractivity contribution in [2.75, 3.05) is 0 Å². The van der Waals surface area contributed by atoms with Crippen molar-refractivity contribution in [2.45, 2.75) is 46.1 Å². The Bertz CT molecular complexity index is 468. The minimum absolute atomic E-state index is 0.208. The Labute approximate surface area is 113 Å². The third kappa shape index (κ3) is 4.73. The van der Waals surface area contributed by atoms with Gasteiger partial charge in [-0.15, -0.1) is 0 Å². The molecule has 0 radical (unpaired) electrons. The normalized spacial score (nSPS) is 11.9. The number of amides is 1. The van der Waals surface area contributed by atoms with Gasteiger partial charge in [0.15, 0.2) is 0 Å². The summed E-state index contributed by atoms with van der Waals surface area (Å²) >= 11 is 0. The quantitative estimate of drug-likeness (QED) is 0.827. The molecule has 1 aromatic rings. The average Bonchev–Trinajstić information content (AvgIpc) is 2.33. The first kappa shape index (κ1) is 15.2. The van der Waals surface area contributed by atoms with Gasteiger partial charge in [0.25, 0.3) is 0 Å². The Morgan fingerprint density at radius 1 is 1.32 bits per heavy atom. The first-order chi connectivity index (χ1) is 8.93. The van der Waals surface area contributed by atoms with E-state index in [1.165, 1.54) is 0 Å². The Balaban J connectivity index is 2.81. The Morgan fingerprint density at radius 2 is 2.00 bits per heavy atom. The van der Waals surface area contributed by atoms with Crippen molar-refractivity contribution in [2.24, 2.45) is 0 Å². The number of aliphatic carboxylic acids is 1. The van der Waals surface area contributed by atoms with Gasteiger partial charge in [-0.3, -0.25) is 4.79 Å². The molecule has 0 saturated heterocycles. The van der Waals surface area contributed by atoms with Crippen LogP contribution < -0.4 is 5.32 Å². The fraction of sp³-hybridized carbons (Fsp3) is 0.467. The highest BCUT2D eigenvalue weighted by Crippen LogP contribution is 2.13. The molecule has 0 spiro atoms. The fourth-order valence-electron chi connectivity index (χ4n) is 1.93. The van der Waals surface area contributed by atoms with Gasteiger partial charge in [-0.1, -0.05) is 30.7 Å². The second-order valence-corrected chi connectivity index (χ2v) is 4.84. The van der Waals surface area contributed by atoms with E-state index in [0.29, 0.717) is 19.3 Å². The van der Waals surface area contributed by atoms with Gasteiger partial charge in [0.2, 0.25) is 5.91 Å². The van der Waals surface area contributed by atoms with Crippen molar-refractivity contribution in [1.29, 1.82) is 0 Å². The van der Waals surface area contributed by atoms with E-state index >= 15 is 0 Å². The van der Waals surface area contributed by atoms with Crippen LogP contribution in [0.25, 0.3) is 0 Å². The van der Waals surface area contributed by atoms with Crippen LogP contribution in [0.15, 0.2) is 18.2 Å². The molecule has 0 aliphatic rings. The second-order valence-electron chi connectivity index (χ2n) is 4.84. The largest absolute Gasteiger partial charge is 0.480 e. The third-order valence-corrected chi connectivity index (χ3v) is 3.04. The topological polar surface area (TPSA) is 66.4 Å². The van der Waals surface area contributed by atoms with Crippen molar-refractivity contribution in [3.8, 4) is 0 Å². The number of nitrogens with one attached hydrogen (secondary N) is 1. The lowest BCUT2D eigenvalue weighted by Crippen LogP contribution is -2.42. The minimum Gasteiger partial charge on any atom is -0.480 e. The number of hydrogen-bond donors (Lipinski definition) is 2. The summed E-state index contributed by atoms with van der Waals surface area (Å²) in [5.41, 5.74) is 3.09. The summed E-state index contributed by atoms with van der Waals surface area (Å²) in [6.07, 6.45) is 1.39. The van der Waals surface area contributed by atoms with Crippen LogP contribution in [-0.4, -0.2) is 23.0 Å². The Morgan fingerprint density at radius 3 is 2.58 bits per heavy atom. The minimum atomic E-state index is -0.995. The molecule has 0 heterocycles. The molecule has 1 amide bonds. The van der Waals surface area contributed by atoms with Crippen LogP contribution in [0.2, 0.25) is 0 Å². The van der Waals surface area contributed by atoms with Gasteiger partial charge < -0.3 is 10.4 Å². The van der Waals surface area contributed by atoms with Crippen LogP contribution in [0, 0.1) is 13.8 Å². The summed E-state index contributed by atoms with van der Waals surface area (Å²) in [6.45, 7) is 5.80. The van der Waals surface area contributed by atoms with Crippen LogP contribution in [0.3, 0.4) is 0 Å². The molecule has 0 aliphatic heterocycles. The summed E-state index contributed by atoms with van der Waals surface area (Å²) in [4.78, 5) is 22.8. The zero-order valence-electron chi connectivity index (χ0n) is 11.7. The van der Waals surface area contributed by atoms with E-state index in [2.05, 4.69) is 5.32 Å². The molecule has 1 atom stereocenters. The van der Waals surface area contributed by atoms with Gasteiger partial charge in [-0.05, 0) is 31.4 Å². The number of aryl methyl sites for hydroxylation is 2. The average molecular weight is 263 g/mol. The predicted molar refractivity (Wildman–Crippen MR) is 74.1 cm³/mol. The van der Waals surface area contributed by atoms with Gasteiger partial charge in [0.1, 0.15) is 6.04 Å². The van der Waals surface area contributed by atoms with Gasteiger partial charge in [-0.25, -0.2) is 4.79 Å². The summed E-state index contributed by atoms with van der Waals surface area (Å²) < 4.78 is 0. The van der Waals surface area contributed by atoms with E-state index in [1.54, 1.807) is 0 Å². The molecule has 0 aromatic heterocycles. The van der Waals surface area contributed by atoms with E-state index in [9.17, 15) is 14.7 Å². The smallest absolute Gasteiger partial charge is 0.326 e. The number of carbonyl (C=O) groups excluding carboxylic acids is 1. The summed E-state index contributed by atoms with van der Waals surface area (Å²) in [6, 6.07) is 5.07. The van der Waals surface area contributed by atoms with Crippen molar-refractivity contribution in [3.05, 3.63) is 34.9 Å². The molecular formula is C15H21NO3. The molecule has 4 heteroatoms. The molecule has 0 fully saturated rings. The first-order valence-corrected chi connectivity index (χ1v) is 6.52. The van der Waals surface area contributed by atoms with Gasteiger partial charge in [0, 0.05) is 12.8 Å². The number of carbonyl (C=O) groups is 2. The molecule has 4 nitrogen and oxygen atoms in total. The lowest BCUT2D eigenvalue weighted by molar-refractivity contribution is -0.141. The molecular weight excluding hydrogens is 242 g/mol. The molecule has 104 valence electrons. The standard InChI is InChI=1S/C15H21NO3/c1-4-5-14(17)16-13(15(18)19)9-12-8-10(2)6-7-11(12)3/h6-8,13H,4-5,9H2,1-3H3,(H,16,17)(H,18,19). The summed E-state index contributed by atoms with van der Waals surface area (Å²) in [5.74, 6) is -1.20. The van der Waals surface area contributed by atoms with Crippen LogP contribution in [0.4, 0.5) is 0 Å². The van der Waals surface area contributed by atoms with Crippen LogP contribution in [0.5, 0.6) is 0 Å². The number of carboxylic acids is 1. The number of benzene rings is 1. The van der Waals surface area contributed by atoms with Gasteiger partial charge >= 0.3 is 5.97 Å². The lowest BCUT2D eigenvalue weighted by atomic mass is 9.99. The van der Waals surface area contributed by atoms with E-state index in [0.717, 1.165) is 16.7 Å². The monoisotopic (exact) mass is 263 g/mol. The van der Waals surface area contributed by atoms with Crippen LogP contribution >= 0.6 is 0 Å². The summed E-state index contributed by atoms with van der Waals surface area (Å²) in [7, 11) is 0. The molecule has 0 bridgehead atoms. The van der Waals surface area contributed by atoms with Crippen LogP contribution in [0.1, 0.15) is 36.5 Å². The van der Waals surface area contributed by atoms with Crippen LogP contribution in [-0.2, 0) is 16.0 Å². The van der Waals surface area contributed by atoms with E-state index in [-0.39, 0.29) is 5.91 Å². The Hall–Kier alpha value is -1.84. The SMILES string of the molecule is CCCC(=O)NC(Cc1cc(C)ccc1C)C(=O)O. The van der Waals surface area contributed by atoms with Crippen molar-refractivity contribution in [1.82, 2.24) is 5.32 Å². The Kier molecular flexibility index (Phi) is 5.55. The van der Waals surface area contributed by atoms with Crippen molar-refractivity contribution in [3.63, 3.8) is 0 Å². The maximum atomic E-state index is 11.5. The molecule has 19 heavy (non-hydrogen) atoms. The number of carboxylic acid groups (broad SMARTS) is 1. The molecule has 1 aromatic carbocycles. The molecule has 0 saturated carbocycles. The summed E-state index contributed by atoms with van der Waals surface area (Å²) in [5, 5.41) is 11.8. The maximum Gasteiger partial charge on any atom is 0.326 e. The molecule has 2 N–H and O–H groups in total. The molecule has 1 rings (SSSR count). The fourth-order valence-corrected chi connectivity index (χ4v) is 1.93. The van der Waals surface area contributed by atoms with Crippen molar-refractivity contribution >= 4 is 11.9 Å². The van der Waals surface area contributed by atoms with E-state index in [1.807, 2.05) is 39.0 Å². The highest BCUT2D eigenvalue weighted by Gasteiger charge is 2.20. The highest BCUT2D eigenvalue weighted by atomic mass is 16.4.